The van der Waals surface area contributed by atoms with Crippen LogP contribution in [0, 0.1) is 5.92 Å². The van der Waals surface area contributed by atoms with Gasteiger partial charge in [0, 0.05) is 32.1 Å². The number of anilines is 1. The highest BCUT2D eigenvalue weighted by Gasteiger charge is 2.34. The molecule has 3 heterocycles. The number of nitrogens with one attached hydrogen (secondary N) is 1. The fraction of sp³-hybridized carbons (Fsp3) is 0.500. The van der Waals surface area contributed by atoms with E-state index in [-0.39, 0.29) is 11.8 Å². The van der Waals surface area contributed by atoms with Gasteiger partial charge in [-0.15, -0.1) is 10.2 Å². The first-order chi connectivity index (χ1) is 16.8. The summed E-state index contributed by atoms with van der Waals surface area (Å²) in [5.74, 6) is 1.62. The Hall–Kier alpha value is -2.83. The SMILES string of the molecule is COc1cccc(-c2nnc(NS(=O)(=O)[C@@H](C)[C@H](OC)c3ncc(Cl)cn3)n2CC2CCCC2)n1. The fourth-order valence-corrected chi connectivity index (χ4v) is 5.45. The zero-order valence-electron chi connectivity index (χ0n) is 19.8. The van der Waals surface area contributed by atoms with Crippen LogP contribution in [0.1, 0.15) is 44.5 Å². The van der Waals surface area contributed by atoms with Gasteiger partial charge >= 0.3 is 0 Å². The van der Waals surface area contributed by atoms with Crippen LogP contribution >= 0.6 is 11.6 Å². The monoisotopic (exact) mass is 521 g/mol. The molecular formula is C22H28ClN7O4S. The highest BCUT2D eigenvalue weighted by Crippen LogP contribution is 2.31. The number of hydrogen-bond donors (Lipinski definition) is 1. The van der Waals surface area contributed by atoms with E-state index in [1.165, 1.54) is 33.5 Å². The van der Waals surface area contributed by atoms with Crippen molar-refractivity contribution in [2.75, 3.05) is 18.9 Å². The third-order valence-corrected chi connectivity index (χ3v) is 8.01. The lowest BCUT2D eigenvalue weighted by Crippen LogP contribution is -2.33. The van der Waals surface area contributed by atoms with Gasteiger partial charge < -0.3 is 9.47 Å². The first-order valence-corrected chi connectivity index (χ1v) is 13.2. The summed E-state index contributed by atoms with van der Waals surface area (Å²) >= 11 is 5.87. The van der Waals surface area contributed by atoms with Crippen LogP contribution in [-0.2, 0) is 21.3 Å². The summed E-state index contributed by atoms with van der Waals surface area (Å²) in [7, 11) is -1.04. The van der Waals surface area contributed by atoms with Crippen LogP contribution < -0.4 is 9.46 Å². The molecule has 0 radical (unpaired) electrons. The molecule has 0 spiro atoms. The molecule has 0 bridgehead atoms. The summed E-state index contributed by atoms with van der Waals surface area (Å²) in [6.07, 6.45) is 6.29. The molecule has 1 N–H and O–H groups in total. The van der Waals surface area contributed by atoms with E-state index in [1.54, 1.807) is 22.8 Å². The average Bonchev–Trinajstić information content (AvgIpc) is 3.51. The molecule has 3 aromatic heterocycles. The number of hydrogen-bond acceptors (Lipinski definition) is 9. The normalized spacial score (nSPS) is 16.2. The average molecular weight is 522 g/mol. The molecule has 1 aliphatic rings. The van der Waals surface area contributed by atoms with E-state index < -0.39 is 21.4 Å². The molecule has 0 unspecified atom stereocenters. The molecule has 2 atom stereocenters. The minimum Gasteiger partial charge on any atom is -0.481 e. The number of ether oxygens (including phenoxy) is 2. The number of sulfonamides is 1. The molecule has 188 valence electrons. The van der Waals surface area contributed by atoms with Crippen LogP contribution in [0.3, 0.4) is 0 Å². The van der Waals surface area contributed by atoms with Crippen LogP contribution in [0.25, 0.3) is 11.5 Å². The number of aromatic nitrogens is 6. The van der Waals surface area contributed by atoms with Gasteiger partial charge in [-0.1, -0.05) is 30.5 Å². The van der Waals surface area contributed by atoms with Crippen LogP contribution in [0.2, 0.25) is 5.02 Å². The molecule has 35 heavy (non-hydrogen) atoms. The van der Waals surface area contributed by atoms with Crippen LogP contribution in [-0.4, -0.2) is 57.6 Å². The molecule has 4 rings (SSSR count). The Labute approximate surface area is 209 Å². The Morgan fingerprint density at radius 2 is 1.89 bits per heavy atom. The highest BCUT2D eigenvalue weighted by molar-refractivity contribution is 7.93. The molecule has 3 aromatic rings. The zero-order chi connectivity index (χ0) is 25.0. The summed E-state index contributed by atoms with van der Waals surface area (Å²) in [5, 5.41) is 7.76. The lowest BCUT2D eigenvalue weighted by molar-refractivity contribution is 0.0950. The second kappa shape index (κ2) is 10.8. The molecule has 13 heteroatoms. The maximum Gasteiger partial charge on any atom is 0.240 e. The lowest BCUT2D eigenvalue weighted by atomic mass is 10.1. The van der Waals surface area contributed by atoms with Gasteiger partial charge in [-0.2, -0.15) is 0 Å². The van der Waals surface area contributed by atoms with Crippen LogP contribution in [0.4, 0.5) is 5.95 Å². The first kappa shape index (κ1) is 25.3. The van der Waals surface area contributed by atoms with Crippen LogP contribution in [0.15, 0.2) is 30.6 Å². The van der Waals surface area contributed by atoms with Crippen molar-refractivity contribution >= 4 is 27.6 Å². The Morgan fingerprint density at radius 3 is 2.54 bits per heavy atom. The van der Waals surface area contributed by atoms with Gasteiger partial charge in [-0.05, 0) is 31.7 Å². The van der Waals surface area contributed by atoms with Crippen molar-refractivity contribution in [1.82, 2.24) is 29.7 Å². The van der Waals surface area contributed by atoms with E-state index in [9.17, 15) is 8.42 Å². The largest absolute Gasteiger partial charge is 0.481 e. The number of pyridine rings is 1. The van der Waals surface area contributed by atoms with Gasteiger partial charge in [0.25, 0.3) is 0 Å². The van der Waals surface area contributed by atoms with Crippen molar-refractivity contribution in [3.05, 3.63) is 41.4 Å². The van der Waals surface area contributed by atoms with E-state index in [2.05, 4.69) is 29.9 Å². The van der Waals surface area contributed by atoms with E-state index in [4.69, 9.17) is 21.1 Å². The lowest BCUT2D eigenvalue weighted by Gasteiger charge is -2.22. The number of rotatable bonds is 10. The maximum atomic E-state index is 13.4. The minimum atomic E-state index is -3.98. The molecule has 0 amide bonds. The molecule has 0 aliphatic heterocycles. The molecule has 11 nitrogen and oxygen atoms in total. The third kappa shape index (κ3) is 5.71. The van der Waals surface area contributed by atoms with Crippen molar-refractivity contribution in [2.24, 2.45) is 5.92 Å². The molecule has 1 aliphatic carbocycles. The summed E-state index contributed by atoms with van der Waals surface area (Å²) in [6.45, 7) is 2.10. The predicted octanol–water partition coefficient (Wildman–Crippen LogP) is 3.50. The van der Waals surface area contributed by atoms with Gasteiger partial charge in [-0.3, -0.25) is 9.29 Å². The van der Waals surface area contributed by atoms with Crippen LogP contribution in [0.5, 0.6) is 5.88 Å². The number of methoxy groups -OCH3 is 2. The quantitative estimate of drug-likeness (QED) is 0.425. The Bertz CT molecular complexity index is 1250. The second-order valence-corrected chi connectivity index (χ2v) is 10.9. The standard InChI is InChI=1S/C22H28ClN7O4S/c1-14(19(34-3)20-24-11-16(23)12-25-20)35(31,32)29-22-28-27-21(17-9-6-10-18(26-17)33-2)30(22)13-15-7-4-5-8-15/h6,9-12,14-15,19H,4-5,7-8,13H2,1-3H3,(H,28,29)/t14-,19-/m0/s1. The summed E-state index contributed by atoms with van der Waals surface area (Å²) in [5.41, 5.74) is 0.540. The van der Waals surface area contributed by atoms with Crippen molar-refractivity contribution < 1.29 is 17.9 Å². The maximum absolute atomic E-state index is 13.4. The Balaban J connectivity index is 1.66. The van der Waals surface area contributed by atoms with E-state index >= 15 is 0 Å². The van der Waals surface area contributed by atoms with Gasteiger partial charge in [0.15, 0.2) is 11.6 Å². The van der Waals surface area contributed by atoms with Gasteiger partial charge in [0.1, 0.15) is 17.0 Å². The molecule has 1 saturated carbocycles. The smallest absolute Gasteiger partial charge is 0.240 e. The molecule has 0 aromatic carbocycles. The highest BCUT2D eigenvalue weighted by atomic mass is 35.5. The minimum absolute atomic E-state index is 0.121. The number of nitrogens with zero attached hydrogens (tertiary/aromatic N) is 6. The van der Waals surface area contributed by atoms with Crippen molar-refractivity contribution in [3.8, 4) is 17.4 Å². The molecule has 1 fully saturated rings. The summed E-state index contributed by atoms with van der Waals surface area (Å²) < 4.78 is 41.9. The first-order valence-electron chi connectivity index (χ1n) is 11.3. The van der Waals surface area contributed by atoms with E-state index in [1.807, 2.05) is 0 Å². The summed E-state index contributed by atoms with van der Waals surface area (Å²) in [4.78, 5) is 12.7. The Morgan fingerprint density at radius 1 is 1.17 bits per heavy atom. The molecular weight excluding hydrogens is 494 g/mol. The predicted molar refractivity (Wildman–Crippen MR) is 131 cm³/mol. The van der Waals surface area contributed by atoms with Crippen molar-refractivity contribution in [2.45, 2.75) is 50.5 Å². The fourth-order valence-electron chi connectivity index (χ4n) is 4.20. The number of halogens is 1. The molecule has 0 saturated heterocycles. The third-order valence-electron chi connectivity index (χ3n) is 6.13. The second-order valence-electron chi connectivity index (χ2n) is 8.44. The van der Waals surface area contributed by atoms with Gasteiger partial charge in [0.2, 0.25) is 21.9 Å². The van der Waals surface area contributed by atoms with Crippen molar-refractivity contribution in [1.29, 1.82) is 0 Å². The topological polar surface area (TPSA) is 134 Å². The summed E-state index contributed by atoms with van der Waals surface area (Å²) in [6, 6.07) is 5.32. The van der Waals surface area contributed by atoms with E-state index in [0.717, 1.165) is 25.7 Å². The van der Waals surface area contributed by atoms with E-state index in [0.29, 0.717) is 34.9 Å². The van der Waals surface area contributed by atoms with Gasteiger partial charge in [-0.25, -0.2) is 23.4 Å². The zero-order valence-corrected chi connectivity index (χ0v) is 21.3. The Kier molecular flexibility index (Phi) is 7.82. The van der Waals surface area contributed by atoms with Crippen molar-refractivity contribution in [3.63, 3.8) is 0 Å². The van der Waals surface area contributed by atoms with Gasteiger partial charge in [0.05, 0.1) is 12.1 Å².